The number of unbranched alkanes of at least 4 members (excludes halogenated alkanes) is 18. The maximum Gasteiger partial charge on any atom is 0.305 e. The summed E-state index contributed by atoms with van der Waals surface area (Å²) in [6, 6.07) is -0.871. The Morgan fingerprint density at radius 2 is 1.11 bits per heavy atom. The SMILES string of the molecule is CCCCC/C=C\CCCCCCCC(=O)OCCCCCCCC/C=C\C/C=C\CCC(=O)NC(COC1OC(CO)C(O)C(O)C1O)C(O)/C=C/CC/C=C/CCCCC. The highest BCUT2D eigenvalue weighted by Crippen LogP contribution is 2.22. The van der Waals surface area contributed by atoms with Crippen molar-refractivity contribution in [2.24, 2.45) is 0 Å². The van der Waals surface area contributed by atoms with Gasteiger partial charge in [0.15, 0.2) is 6.29 Å². The van der Waals surface area contributed by atoms with Crippen LogP contribution in [0.15, 0.2) is 60.8 Å². The van der Waals surface area contributed by atoms with Gasteiger partial charge in [0.25, 0.3) is 0 Å². The fraction of sp³-hybridized carbons (Fsp3) is 0.765. The highest BCUT2D eigenvalue weighted by Gasteiger charge is 2.44. The van der Waals surface area contributed by atoms with Gasteiger partial charge in [0.05, 0.1) is 32.0 Å². The molecule has 6 N–H and O–H groups in total. The van der Waals surface area contributed by atoms with Crippen LogP contribution in [0.3, 0.4) is 0 Å². The Morgan fingerprint density at radius 3 is 1.73 bits per heavy atom. The van der Waals surface area contributed by atoms with Crippen LogP contribution in [0.2, 0.25) is 0 Å². The largest absolute Gasteiger partial charge is 0.466 e. The summed E-state index contributed by atoms with van der Waals surface area (Å²) in [5.74, 6) is -0.330. The number of nitrogens with one attached hydrogen (secondary N) is 1. The number of aliphatic hydroxyl groups is 5. The number of carbonyl (C=O) groups is 2. The van der Waals surface area contributed by atoms with Gasteiger partial charge in [-0.25, -0.2) is 0 Å². The van der Waals surface area contributed by atoms with Crippen LogP contribution in [0.4, 0.5) is 0 Å². The van der Waals surface area contributed by atoms with Gasteiger partial charge in [0, 0.05) is 12.8 Å². The lowest BCUT2D eigenvalue weighted by Gasteiger charge is -2.40. The van der Waals surface area contributed by atoms with Crippen LogP contribution in [0.5, 0.6) is 0 Å². The Balaban J connectivity index is 2.22. The van der Waals surface area contributed by atoms with Crippen LogP contribution in [0.1, 0.15) is 187 Å². The van der Waals surface area contributed by atoms with Crippen molar-refractivity contribution in [1.29, 1.82) is 0 Å². The average molecular weight is 876 g/mol. The summed E-state index contributed by atoms with van der Waals surface area (Å²) in [5, 5.41) is 53.9. The number of amides is 1. The van der Waals surface area contributed by atoms with Gasteiger partial charge < -0.3 is 45.1 Å². The third kappa shape index (κ3) is 31.2. The molecule has 1 heterocycles. The van der Waals surface area contributed by atoms with Crippen molar-refractivity contribution in [3.8, 4) is 0 Å². The highest BCUT2D eigenvalue weighted by atomic mass is 16.7. The lowest BCUT2D eigenvalue weighted by atomic mass is 9.99. The van der Waals surface area contributed by atoms with Gasteiger partial charge in [-0.15, -0.1) is 0 Å². The molecule has 7 atom stereocenters. The quantitative estimate of drug-likeness (QED) is 0.0198. The summed E-state index contributed by atoms with van der Waals surface area (Å²) >= 11 is 0. The molecule has 358 valence electrons. The molecule has 11 heteroatoms. The predicted octanol–water partition coefficient (Wildman–Crippen LogP) is 9.55. The summed E-state index contributed by atoms with van der Waals surface area (Å²) in [6.07, 6.45) is 40.4. The van der Waals surface area contributed by atoms with E-state index < -0.39 is 49.5 Å². The van der Waals surface area contributed by atoms with Gasteiger partial charge in [-0.2, -0.15) is 0 Å². The standard InChI is InChI=1S/C51H89NO10/c1-3-5-7-9-11-13-14-19-23-27-31-35-39-47(56)60-40-36-32-28-24-20-17-15-16-18-22-26-30-34-38-46(55)52-43(44(54)37-33-29-25-21-12-10-8-6-4-2)42-61-51-50(59)49(58)48(57)45(41-53)62-51/h11-13,16,18,21,26,30,33,37,43-45,48-51,53-54,57-59H,3-10,14-15,17,19-20,22-25,27-29,31-32,34-36,38-42H2,1-2H3,(H,52,55)/b13-11-,18-16-,21-12+,30-26-,37-33+. The van der Waals surface area contributed by atoms with E-state index >= 15 is 0 Å². The van der Waals surface area contributed by atoms with E-state index in [1.54, 1.807) is 6.08 Å². The number of aliphatic hydroxyl groups excluding tert-OH is 5. The minimum absolute atomic E-state index is 0.0523. The number of hydrogen-bond donors (Lipinski definition) is 6. The van der Waals surface area contributed by atoms with Crippen LogP contribution < -0.4 is 5.32 Å². The van der Waals surface area contributed by atoms with E-state index in [0.717, 1.165) is 64.2 Å². The summed E-state index contributed by atoms with van der Waals surface area (Å²) in [7, 11) is 0. The molecule has 0 aliphatic carbocycles. The highest BCUT2D eigenvalue weighted by molar-refractivity contribution is 5.76. The molecule has 11 nitrogen and oxygen atoms in total. The predicted molar refractivity (Wildman–Crippen MR) is 250 cm³/mol. The summed E-state index contributed by atoms with van der Waals surface area (Å²) < 4.78 is 16.5. The molecule has 0 saturated carbocycles. The molecular weight excluding hydrogens is 787 g/mol. The van der Waals surface area contributed by atoms with E-state index in [1.165, 1.54) is 83.5 Å². The molecule has 0 bridgehead atoms. The van der Waals surface area contributed by atoms with Crippen LogP contribution >= 0.6 is 0 Å². The van der Waals surface area contributed by atoms with Crippen molar-refractivity contribution < 1.29 is 49.3 Å². The normalized spacial score (nSPS) is 20.7. The molecule has 0 aromatic carbocycles. The second-order valence-electron chi connectivity index (χ2n) is 16.8. The van der Waals surface area contributed by atoms with Crippen molar-refractivity contribution in [3.05, 3.63) is 60.8 Å². The Morgan fingerprint density at radius 1 is 0.597 bits per heavy atom. The van der Waals surface area contributed by atoms with Crippen LogP contribution in [-0.2, 0) is 23.8 Å². The number of rotatable bonds is 40. The summed E-state index contributed by atoms with van der Waals surface area (Å²) in [4.78, 5) is 24.9. The van der Waals surface area contributed by atoms with Crippen molar-refractivity contribution in [2.45, 2.75) is 230 Å². The minimum atomic E-state index is -1.59. The van der Waals surface area contributed by atoms with Crippen LogP contribution in [0, 0.1) is 0 Å². The second kappa shape index (κ2) is 41.1. The first kappa shape index (κ1) is 57.4. The first-order chi connectivity index (χ1) is 30.2. The first-order valence-electron chi connectivity index (χ1n) is 24.6. The van der Waals surface area contributed by atoms with Crippen molar-refractivity contribution in [2.75, 3.05) is 19.8 Å². The van der Waals surface area contributed by atoms with Gasteiger partial charge in [0.1, 0.15) is 24.4 Å². The van der Waals surface area contributed by atoms with Gasteiger partial charge in [-0.1, -0.05) is 145 Å². The molecule has 0 radical (unpaired) electrons. The van der Waals surface area contributed by atoms with Crippen LogP contribution in [-0.4, -0.2) is 100 Å². The Bertz CT molecular complexity index is 1220. The molecule has 7 unspecified atom stereocenters. The smallest absolute Gasteiger partial charge is 0.305 e. The van der Waals surface area contributed by atoms with E-state index in [9.17, 15) is 35.1 Å². The molecular formula is C51H89NO10. The monoisotopic (exact) mass is 876 g/mol. The maximum atomic E-state index is 12.9. The molecule has 62 heavy (non-hydrogen) atoms. The first-order valence-corrected chi connectivity index (χ1v) is 24.6. The molecule has 1 aliphatic heterocycles. The van der Waals surface area contributed by atoms with Crippen molar-refractivity contribution in [3.63, 3.8) is 0 Å². The minimum Gasteiger partial charge on any atom is -0.466 e. The maximum absolute atomic E-state index is 12.9. The van der Waals surface area contributed by atoms with Gasteiger partial charge in [0.2, 0.25) is 5.91 Å². The van der Waals surface area contributed by atoms with Gasteiger partial charge in [-0.3, -0.25) is 9.59 Å². The fourth-order valence-corrected chi connectivity index (χ4v) is 7.08. The topological polar surface area (TPSA) is 175 Å². The van der Waals surface area contributed by atoms with E-state index in [2.05, 4.69) is 55.6 Å². The number of carbonyl (C=O) groups excluding carboxylic acids is 2. The summed E-state index contributed by atoms with van der Waals surface area (Å²) in [6.45, 7) is 4.12. The molecule has 0 aromatic rings. The lowest BCUT2D eigenvalue weighted by molar-refractivity contribution is -0.302. The zero-order chi connectivity index (χ0) is 45.3. The Labute approximate surface area is 376 Å². The molecule has 1 saturated heterocycles. The molecule has 1 fully saturated rings. The van der Waals surface area contributed by atoms with E-state index in [1.807, 2.05) is 18.2 Å². The Kier molecular flexibility index (Phi) is 38.0. The zero-order valence-corrected chi connectivity index (χ0v) is 38.8. The number of ether oxygens (including phenoxy) is 3. The zero-order valence-electron chi connectivity index (χ0n) is 38.8. The van der Waals surface area contributed by atoms with Crippen molar-refractivity contribution >= 4 is 11.9 Å². The van der Waals surface area contributed by atoms with Gasteiger partial charge >= 0.3 is 5.97 Å². The Hall–Kier alpha value is -2.64. The third-order valence-electron chi connectivity index (χ3n) is 11.1. The van der Waals surface area contributed by atoms with E-state index in [-0.39, 0.29) is 24.9 Å². The van der Waals surface area contributed by atoms with E-state index in [0.29, 0.717) is 25.9 Å². The van der Waals surface area contributed by atoms with Crippen LogP contribution in [0.25, 0.3) is 0 Å². The van der Waals surface area contributed by atoms with E-state index in [4.69, 9.17) is 14.2 Å². The second-order valence-corrected chi connectivity index (χ2v) is 16.8. The summed E-state index contributed by atoms with van der Waals surface area (Å²) in [5.41, 5.74) is 0. The molecule has 0 aromatic heterocycles. The molecule has 1 aliphatic rings. The average Bonchev–Trinajstić information content (AvgIpc) is 3.27. The van der Waals surface area contributed by atoms with Crippen molar-refractivity contribution in [1.82, 2.24) is 5.32 Å². The molecule has 1 amide bonds. The fourth-order valence-electron chi connectivity index (χ4n) is 7.08. The molecule has 0 spiro atoms. The van der Waals surface area contributed by atoms with Gasteiger partial charge in [-0.05, 0) is 89.9 Å². The lowest BCUT2D eigenvalue weighted by Crippen LogP contribution is -2.60. The number of allylic oxidation sites excluding steroid dienone is 9. The number of hydrogen-bond acceptors (Lipinski definition) is 10. The molecule has 1 rings (SSSR count). The number of esters is 1. The third-order valence-corrected chi connectivity index (χ3v) is 11.1.